The van der Waals surface area contributed by atoms with Crippen LogP contribution in [0.5, 0.6) is 0 Å². The minimum atomic E-state index is -3.81. The number of likely N-dealkylation sites (N-methyl/N-ethyl adjacent to an activating group) is 1. The van der Waals surface area contributed by atoms with Crippen molar-refractivity contribution in [2.45, 2.75) is 38.2 Å². The molecule has 0 atom stereocenters. The van der Waals surface area contributed by atoms with Crippen LogP contribution in [0.1, 0.15) is 48.8 Å². The molecule has 1 N–H and O–H groups in total. The molecular formula is C48H47FN6O5S. The van der Waals surface area contributed by atoms with Gasteiger partial charge in [0.1, 0.15) is 23.6 Å². The Morgan fingerprint density at radius 1 is 0.770 bits per heavy atom. The second kappa shape index (κ2) is 19.4. The standard InChI is InChI=1S/C30H31N3O5S.C18H16FN3/c1-22-8-16-27(17-9-22)39(35,36)37-20-19-32(5)25-13-10-23(11-14-25)12-15-26-21-24-7-6-18-31-28(24)33(26)29(34)38-30(2,3)4;1-22(12-10-19)17-8-5-14(6-9-17)4-7-16-13-15-3-2-11-20-18(15)21-16/h6-11,13-14,16-18,21H,19-20H2,1-5H3;2-3,5-6,8-9,11,13H,10,12H2,1H3,(H,20,21)/i;19-1. The minimum Gasteiger partial charge on any atom is -0.443 e. The molecule has 0 aliphatic carbocycles. The van der Waals surface area contributed by atoms with Gasteiger partial charge in [0.05, 0.1) is 17.2 Å². The Balaban J connectivity index is 0.000000238. The third-order valence-electron chi connectivity index (χ3n) is 9.22. The fraction of sp³-hybridized carbons (Fsp3) is 0.229. The van der Waals surface area contributed by atoms with E-state index in [0.29, 0.717) is 24.4 Å². The van der Waals surface area contributed by atoms with Gasteiger partial charge in [-0.1, -0.05) is 29.5 Å². The lowest BCUT2D eigenvalue weighted by Gasteiger charge is -2.20. The number of alkyl halides is 1. The van der Waals surface area contributed by atoms with E-state index in [1.54, 1.807) is 30.6 Å². The van der Waals surface area contributed by atoms with Gasteiger partial charge >= 0.3 is 6.09 Å². The highest BCUT2D eigenvalue weighted by Crippen LogP contribution is 2.21. The number of aryl methyl sites for hydroxylation is 1. The second-order valence-electron chi connectivity index (χ2n) is 15.1. The smallest absolute Gasteiger partial charge is 0.421 e. The van der Waals surface area contributed by atoms with Crippen molar-refractivity contribution in [1.82, 2.24) is 19.5 Å². The Morgan fingerprint density at radius 3 is 1.97 bits per heavy atom. The molecule has 0 aliphatic rings. The summed E-state index contributed by atoms with van der Waals surface area (Å²) in [5.41, 5.74) is 6.49. The summed E-state index contributed by atoms with van der Waals surface area (Å²) in [6.45, 7) is 7.75. The van der Waals surface area contributed by atoms with Crippen LogP contribution in [-0.2, 0) is 19.0 Å². The molecule has 61 heavy (non-hydrogen) atoms. The van der Waals surface area contributed by atoms with Gasteiger partial charge in [0.2, 0.25) is 0 Å². The van der Waals surface area contributed by atoms with Crippen molar-refractivity contribution < 1.29 is 26.5 Å². The molecule has 0 unspecified atom stereocenters. The number of anilines is 2. The summed E-state index contributed by atoms with van der Waals surface area (Å²) < 4.78 is 49.3. The molecule has 0 spiro atoms. The van der Waals surface area contributed by atoms with Crippen LogP contribution in [0.3, 0.4) is 0 Å². The maximum atomic E-state index is 12.9. The highest BCUT2D eigenvalue weighted by Gasteiger charge is 2.22. The van der Waals surface area contributed by atoms with Crippen molar-refractivity contribution in [1.29, 1.82) is 0 Å². The summed E-state index contributed by atoms with van der Waals surface area (Å²) >= 11 is 0. The molecule has 0 saturated carbocycles. The summed E-state index contributed by atoms with van der Waals surface area (Å²) in [7, 11) is -0.0807. The fourth-order valence-corrected chi connectivity index (χ4v) is 6.86. The lowest BCUT2D eigenvalue weighted by atomic mass is 10.2. The molecule has 7 rings (SSSR count). The van der Waals surface area contributed by atoms with Gasteiger partial charge in [0.15, 0.2) is 5.65 Å². The van der Waals surface area contributed by atoms with Crippen molar-refractivity contribution in [3.8, 4) is 23.7 Å². The molecule has 0 fully saturated rings. The Bertz CT molecular complexity index is 2810. The van der Waals surface area contributed by atoms with E-state index in [4.69, 9.17) is 8.92 Å². The average Bonchev–Trinajstić information content (AvgIpc) is 3.84. The highest BCUT2D eigenvalue weighted by atomic mass is 32.2. The van der Waals surface area contributed by atoms with Crippen molar-refractivity contribution in [3.63, 3.8) is 0 Å². The maximum absolute atomic E-state index is 12.9. The molecule has 4 aromatic heterocycles. The van der Waals surface area contributed by atoms with Gasteiger partial charge in [-0.2, -0.15) is 8.42 Å². The summed E-state index contributed by atoms with van der Waals surface area (Å²) in [4.78, 5) is 28.6. The Labute approximate surface area is 356 Å². The van der Waals surface area contributed by atoms with Crippen LogP contribution in [-0.4, -0.2) is 80.1 Å². The third-order valence-corrected chi connectivity index (χ3v) is 10.5. The third kappa shape index (κ3) is 11.9. The van der Waals surface area contributed by atoms with E-state index in [-0.39, 0.29) is 18.2 Å². The number of aromatic amines is 1. The molecule has 0 bridgehead atoms. The van der Waals surface area contributed by atoms with E-state index >= 15 is 0 Å². The summed E-state index contributed by atoms with van der Waals surface area (Å²) in [5.74, 6) is 12.4. The highest BCUT2D eigenvalue weighted by molar-refractivity contribution is 7.86. The predicted octanol–water partition coefficient (Wildman–Crippen LogP) is 8.74. The lowest BCUT2D eigenvalue weighted by molar-refractivity contribution is 0.0542. The van der Waals surface area contributed by atoms with E-state index in [9.17, 15) is 17.6 Å². The van der Waals surface area contributed by atoms with Gasteiger partial charge in [-0.3, -0.25) is 4.18 Å². The monoisotopic (exact) mass is 837 g/mol. The van der Waals surface area contributed by atoms with Gasteiger partial charge in [0, 0.05) is 72.9 Å². The zero-order chi connectivity index (χ0) is 43.6. The Morgan fingerprint density at radius 2 is 1.36 bits per heavy atom. The van der Waals surface area contributed by atoms with Crippen LogP contribution < -0.4 is 9.80 Å². The number of rotatable bonds is 9. The normalized spacial score (nSPS) is 11.1. The van der Waals surface area contributed by atoms with Gasteiger partial charge in [-0.25, -0.2) is 23.7 Å². The predicted molar refractivity (Wildman–Crippen MR) is 239 cm³/mol. The molecule has 11 nitrogen and oxygen atoms in total. The first kappa shape index (κ1) is 43.6. The fourth-order valence-electron chi connectivity index (χ4n) is 5.96. The van der Waals surface area contributed by atoms with E-state index in [0.717, 1.165) is 50.2 Å². The number of benzene rings is 3. The number of nitrogens with one attached hydrogen (secondary N) is 1. The topological polar surface area (TPSA) is 123 Å². The number of H-pyrrole nitrogens is 1. The number of aromatic nitrogens is 4. The molecule has 0 amide bonds. The Kier molecular flexibility index (Phi) is 13.9. The zero-order valence-electron chi connectivity index (χ0n) is 34.9. The van der Waals surface area contributed by atoms with Crippen LogP contribution in [0.25, 0.3) is 22.1 Å². The summed E-state index contributed by atoms with van der Waals surface area (Å²) in [6.07, 6.45) is 2.84. The number of fused-ring (bicyclic) bond motifs is 2. The largest absolute Gasteiger partial charge is 0.443 e. The lowest BCUT2D eigenvalue weighted by Crippen LogP contribution is -2.27. The van der Waals surface area contributed by atoms with Crippen LogP contribution in [0.2, 0.25) is 0 Å². The van der Waals surface area contributed by atoms with E-state index in [2.05, 4.69) is 38.6 Å². The molecule has 13 heteroatoms. The van der Waals surface area contributed by atoms with Crippen LogP contribution in [0, 0.1) is 30.6 Å². The molecule has 0 saturated heterocycles. The first-order valence-electron chi connectivity index (χ1n) is 19.5. The van der Waals surface area contributed by atoms with Gasteiger partial charge in [-0.05, 0) is 137 Å². The minimum absolute atomic E-state index is 0.0114. The first-order valence-corrected chi connectivity index (χ1v) is 20.9. The second-order valence-corrected chi connectivity index (χ2v) is 16.7. The van der Waals surface area contributed by atoms with Gasteiger partial charge in [-0.15, -0.1) is 0 Å². The Hall–Kier alpha value is -6.93. The van der Waals surface area contributed by atoms with Gasteiger partial charge in [0.25, 0.3) is 10.1 Å². The number of carbonyl (C=O) groups is 1. The van der Waals surface area contributed by atoms with Crippen molar-refractivity contribution >= 4 is 49.7 Å². The van der Waals surface area contributed by atoms with Crippen LogP contribution in [0.4, 0.5) is 20.6 Å². The first-order chi connectivity index (χ1) is 29.2. The number of pyridine rings is 2. The molecule has 4 heterocycles. The number of carbonyl (C=O) groups excluding carboxylic acids is 1. The van der Waals surface area contributed by atoms with Crippen molar-refractivity contribution in [2.75, 3.05) is 50.3 Å². The van der Waals surface area contributed by atoms with Crippen LogP contribution in [0.15, 0.2) is 126 Å². The molecule has 7 aromatic rings. The zero-order valence-corrected chi connectivity index (χ0v) is 35.8. The number of ether oxygens (including phenoxy) is 1. The average molecular weight is 838 g/mol. The summed E-state index contributed by atoms with van der Waals surface area (Å²) in [5, 5.41) is 1.84. The molecule has 0 radical (unpaired) electrons. The molecular weight excluding hydrogens is 791 g/mol. The van der Waals surface area contributed by atoms with E-state index in [1.165, 1.54) is 16.7 Å². The van der Waals surface area contributed by atoms with E-state index in [1.807, 2.05) is 130 Å². The number of hydrogen-bond acceptors (Lipinski definition) is 9. The van der Waals surface area contributed by atoms with Crippen LogP contribution >= 0.6 is 0 Å². The van der Waals surface area contributed by atoms with E-state index < -0.39 is 21.8 Å². The molecule has 312 valence electrons. The molecule has 3 aromatic carbocycles. The van der Waals surface area contributed by atoms with Gasteiger partial charge < -0.3 is 19.5 Å². The quantitative estimate of drug-likeness (QED) is 0.112. The molecule has 0 aliphatic heterocycles. The van der Waals surface area contributed by atoms with Crippen molar-refractivity contribution in [2.24, 2.45) is 0 Å². The van der Waals surface area contributed by atoms with Crippen molar-refractivity contribution in [3.05, 3.63) is 150 Å². The SMILES string of the molecule is CN(CC[18F])c1ccc(C#Cc2cc3cccnc3[nH]2)cc1.Cc1ccc(S(=O)(=O)OCCN(C)c2ccc(C#Cc3cc4cccnc4n3C(=O)OC(C)(C)C)cc2)cc1. The number of hydrogen-bond donors (Lipinski definition) is 1. The summed E-state index contributed by atoms with van der Waals surface area (Å²) in [6, 6.07) is 33.2. The maximum Gasteiger partial charge on any atom is 0.421 e. The number of halogens is 1. The number of nitrogens with zero attached hydrogens (tertiary/aromatic N) is 5.